The number of rotatable bonds is 6. The van der Waals surface area contributed by atoms with Crippen LogP contribution < -0.4 is 10.5 Å². The van der Waals surface area contributed by atoms with Gasteiger partial charge in [0, 0.05) is 16.7 Å². The molecule has 0 fully saturated rings. The second-order valence-corrected chi connectivity index (χ2v) is 3.85. The number of carbonyl (C=O) groups excluding carboxylic acids is 1. The molecule has 0 heterocycles. The number of carboxylic acid groups (broad SMARTS) is 1. The molecule has 0 radical (unpaired) electrons. The van der Waals surface area contributed by atoms with E-state index in [1.54, 1.807) is 18.2 Å². The number of ether oxygens (including phenoxy) is 1. The molecule has 18 heavy (non-hydrogen) atoms. The number of halogens is 1. The van der Waals surface area contributed by atoms with E-state index in [0.717, 1.165) is 6.08 Å². The Balaban J connectivity index is 2.82. The summed E-state index contributed by atoms with van der Waals surface area (Å²) < 4.78 is 5.33. The summed E-state index contributed by atoms with van der Waals surface area (Å²) in [6, 6.07) is 4.78. The molecule has 0 spiro atoms. The highest BCUT2D eigenvalue weighted by atomic mass is 35.5. The molecule has 1 amide bonds. The van der Waals surface area contributed by atoms with E-state index in [9.17, 15) is 9.59 Å². The fourth-order valence-corrected chi connectivity index (χ4v) is 1.38. The van der Waals surface area contributed by atoms with Crippen molar-refractivity contribution in [2.75, 3.05) is 6.61 Å². The van der Waals surface area contributed by atoms with Gasteiger partial charge >= 0.3 is 5.97 Å². The van der Waals surface area contributed by atoms with Gasteiger partial charge in [0.05, 0.1) is 13.0 Å². The molecule has 0 saturated carbocycles. The van der Waals surface area contributed by atoms with Gasteiger partial charge in [-0.05, 0) is 24.3 Å². The number of amides is 1. The van der Waals surface area contributed by atoms with Gasteiger partial charge in [-0.25, -0.2) is 4.79 Å². The molecule has 3 N–H and O–H groups in total. The summed E-state index contributed by atoms with van der Waals surface area (Å²) in [5, 5.41) is 9.02. The summed E-state index contributed by atoms with van der Waals surface area (Å²) in [7, 11) is 0. The molecule has 0 unspecified atom stereocenters. The first-order chi connectivity index (χ1) is 8.49. The molecular weight excluding hydrogens is 258 g/mol. The van der Waals surface area contributed by atoms with E-state index in [4.69, 9.17) is 27.2 Å². The van der Waals surface area contributed by atoms with Crippen LogP contribution in [0.5, 0.6) is 5.75 Å². The summed E-state index contributed by atoms with van der Waals surface area (Å²) in [6.07, 6.45) is 2.44. The van der Waals surface area contributed by atoms with E-state index in [2.05, 4.69) is 0 Å². The van der Waals surface area contributed by atoms with Crippen molar-refractivity contribution in [1.82, 2.24) is 0 Å². The third-order valence-electron chi connectivity index (χ3n) is 1.98. The van der Waals surface area contributed by atoms with E-state index >= 15 is 0 Å². The van der Waals surface area contributed by atoms with Crippen LogP contribution in [0, 0.1) is 0 Å². The zero-order valence-corrected chi connectivity index (χ0v) is 10.2. The molecule has 0 aliphatic heterocycles. The lowest BCUT2D eigenvalue weighted by Crippen LogP contribution is -2.14. The number of hydrogen-bond acceptors (Lipinski definition) is 3. The lowest BCUT2D eigenvalue weighted by molar-refractivity contribution is -0.131. The largest absolute Gasteiger partial charge is 0.492 e. The standard InChI is InChI=1S/C12H12ClNO4/c13-9-2-3-10(18-6-5-11(14)15)8(7-9)1-4-12(16)17/h1-4,7H,5-6H2,(H2,14,15)(H,16,17)/b4-1+. The lowest BCUT2D eigenvalue weighted by atomic mass is 10.2. The van der Waals surface area contributed by atoms with Crippen molar-refractivity contribution in [3.8, 4) is 5.75 Å². The van der Waals surface area contributed by atoms with E-state index in [1.165, 1.54) is 6.08 Å². The predicted octanol–water partition coefficient (Wildman–Crippen LogP) is 1.69. The predicted molar refractivity (Wildman–Crippen MR) is 67.4 cm³/mol. The Kier molecular flexibility index (Phi) is 5.20. The topological polar surface area (TPSA) is 89.6 Å². The number of primary amides is 1. The number of aliphatic carboxylic acids is 1. The average molecular weight is 270 g/mol. The van der Waals surface area contributed by atoms with Crippen LogP contribution in [-0.2, 0) is 9.59 Å². The van der Waals surface area contributed by atoms with Crippen LogP contribution in [0.3, 0.4) is 0 Å². The summed E-state index contributed by atoms with van der Waals surface area (Å²) in [5.74, 6) is -1.09. The molecule has 5 nitrogen and oxygen atoms in total. The zero-order valence-electron chi connectivity index (χ0n) is 9.43. The Morgan fingerprint density at radius 3 is 2.78 bits per heavy atom. The van der Waals surface area contributed by atoms with Crippen molar-refractivity contribution in [3.05, 3.63) is 34.9 Å². The molecule has 6 heteroatoms. The molecule has 0 atom stereocenters. The Morgan fingerprint density at radius 1 is 1.44 bits per heavy atom. The number of carboxylic acids is 1. The highest BCUT2D eigenvalue weighted by Gasteiger charge is 2.04. The van der Waals surface area contributed by atoms with Gasteiger partial charge in [-0.2, -0.15) is 0 Å². The van der Waals surface area contributed by atoms with Gasteiger partial charge in [-0.1, -0.05) is 11.6 Å². The second-order valence-electron chi connectivity index (χ2n) is 3.42. The molecule has 0 saturated heterocycles. The summed E-state index contributed by atoms with van der Waals surface area (Å²) in [5.41, 5.74) is 5.51. The molecule has 0 aliphatic rings. The molecule has 96 valence electrons. The highest BCUT2D eigenvalue weighted by molar-refractivity contribution is 6.30. The van der Waals surface area contributed by atoms with Crippen molar-refractivity contribution >= 4 is 29.6 Å². The van der Waals surface area contributed by atoms with E-state index in [-0.39, 0.29) is 13.0 Å². The molecule has 0 aliphatic carbocycles. The van der Waals surface area contributed by atoms with Crippen molar-refractivity contribution in [2.24, 2.45) is 5.73 Å². The lowest BCUT2D eigenvalue weighted by Gasteiger charge is -2.08. The number of carbonyl (C=O) groups is 2. The smallest absolute Gasteiger partial charge is 0.328 e. The highest BCUT2D eigenvalue weighted by Crippen LogP contribution is 2.24. The van der Waals surface area contributed by atoms with Crippen molar-refractivity contribution < 1.29 is 19.4 Å². The Hall–Kier alpha value is -2.01. The van der Waals surface area contributed by atoms with Gasteiger partial charge in [0.2, 0.25) is 5.91 Å². The van der Waals surface area contributed by atoms with Gasteiger partial charge in [-0.3, -0.25) is 4.79 Å². The zero-order chi connectivity index (χ0) is 13.5. The Morgan fingerprint density at radius 2 is 2.17 bits per heavy atom. The van der Waals surface area contributed by atoms with Crippen molar-refractivity contribution in [3.63, 3.8) is 0 Å². The molecule has 1 rings (SSSR count). The van der Waals surface area contributed by atoms with Crippen LogP contribution in [-0.4, -0.2) is 23.6 Å². The Bertz CT molecular complexity index is 485. The van der Waals surface area contributed by atoms with Crippen LogP contribution in [0.25, 0.3) is 6.08 Å². The molecule has 1 aromatic rings. The summed E-state index contributed by atoms with van der Waals surface area (Å²) in [6.45, 7) is 0.130. The number of nitrogens with two attached hydrogens (primary N) is 1. The minimum absolute atomic E-state index is 0.0880. The third-order valence-corrected chi connectivity index (χ3v) is 2.22. The van der Waals surface area contributed by atoms with Gasteiger partial charge in [-0.15, -0.1) is 0 Å². The first-order valence-corrected chi connectivity index (χ1v) is 5.48. The maximum absolute atomic E-state index is 10.6. The van der Waals surface area contributed by atoms with Gasteiger partial charge in [0.1, 0.15) is 5.75 Å². The second kappa shape index (κ2) is 6.66. The van der Waals surface area contributed by atoms with Gasteiger partial charge in [0.25, 0.3) is 0 Å². The quantitative estimate of drug-likeness (QED) is 0.769. The van der Waals surface area contributed by atoms with E-state index < -0.39 is 11.9 Å². The monoisotopic (exact) mass is 269 g/mol. The first-order valence-electron chi connectivity index (χ1n) is 5.10. The Labute approximate surface area is 109 Å². The van der Waals surface area contributed by atoms with Gasteiger partial charge in [0.15, 0.2) is 0 Å². The van der Waals surface area contributed by atoms with Crippen LogP contribution in [0.2, 0.25) is 5.02 Å². The SMILES string of the molecule is NC(=O)CCOc1ccc(Cl)cc1/C=C/C(=O)O. The maximum atomic E-state index is 10.6. The number of hydrogen-bond donors (Lipinski definition) is 2. The fraction of sp³-hybridized carbons (Fsp3) is 0.167. The molecular formula is C12H12ClNO4. The van der Waals surface area contributed by atoms with Crippen LogP contribution in [0.1, 0.15) is 12.0 Å². The molecule has 0 aromatic heterocycles. The fourth-order valence-electron chi connectivity index (χ4n) is 1.20. The first kappa shape index (κ1) is 14.1. The minimum Gasteiger partial charge on any atom is -0.492 e. The van der Waals surface area contributed by atoms with Crippen LogP contribution in [0.15, 0.2) is 24.3 Å². The van der Waals surface area contributed by atoms with Crippen molar-refractivity contribution in [1.29, 1.82) is 0 Å². The molecule has 0 bridgehead atoms. The number of benzene rings is 1. The van der Waals surface area contributed by atoms with Crippen LogP contribution in [0.4, 0.5) is 0 Å². The van der Waals surface area contributed by atoms with E-state index in [1.807, 2.05) is 0 Å². The minimum atomic E-state index is -1.07. The summed E-state index contributed by atoms with van der Waals surface area (Å²) >= 11 is 5.81. The average Bonchev–Trinajstić information content (AvgIpc) is 2.28. The van der Waals surface area contributed by atoms with Gasteiger partial charge < -0.3 is 15.6 Å². The van der Waals surface area contributed by atoms with Crippen LogP contribution >= 0.6 is 11.6 Å². The molecule has 1 aromatic carbocycles. The summed E-state index contributed by atoms with van der Waals surface area (Å²) in [4.78, 5) is 21.0. The van der Waals surface area contributed by atoms with Crippen molar-refractivity contribution in [2.45, 2.75) is 6.42 Å². The maximum Gasteiger partial charge on any atom is 0.328 e. The normalized spacial score (nSPS) is 10.5. The third kappa shape index (κ3) is 4.88. The van der Waals surface area contributed by atoms with E-state index in [0.29, 0.717) is 16.3 Å².